The van der Waals surface area contributed by atoms with E-state index in [9.17, 15) is 4.79 Å². The molecule has 142 valence electrons. The fourth-order valence-electron chi connectivity index (χ4n) is 2.75. The van der Waals surface area contributed by atoms with Crippen molar-refractivity contribution in [3.63, 3.8) is 0 Å². The molecule has 2 aromatic carbocycles. The van der Waals surface area contributed by atoms with Gasteiger partial charge in [0.15, 0.2) is 18.1 Å². The summed E-state index contributed by atoms with van der Waals surface area (Å²) in [4.78, 5) is 15.5. The van der Waals surface area contributed by atoms with Crippen LogP contribution in [0.4, 0.5) is 5.69 Å². The van der Waals surface area contributed by atoms with Crippen molar-refractivity contribution in [1.29, 1.82) is 0 Å². The number of para-hydroxylation sites is 1. The van der Waals surface area contributed by atoms with E-state index in [0.717, 1.165) is 16.8 Å². The highest BCUT2D eigenvalue weighted by Gasteiger charge is 2.14. The molecule has 5 nitrogen and oxygen atoms in total. The summed E-state index contributed by atoms with van der Waals surface area (Å²) in [6.07, 6.45) is 4.03. The van der Waals surface area contributed by atoms with Crippen LogP contribution in [0.25, 0.3) is 0 Å². The van der Waals surface area contributed by atoms with Crippen LogP contribution in [0.3, 0.4) is 0 Å². The van der Waals surface area contributed by atoms with Crippen molar-refractivity contribution in [2.75, 3.05) is 13.7 Å². The minimum Gasteiger partial charge on any atom is -0.493 e. The monoisotopic (exact) mass is 367 g/mol. The van der Waals surface area contributed by atoms with Crippen molar-refractivity contribution in [1.82, 2.24) is 0 Å². The number of benzene rings is 2. The van der Waals surface area contributed by atoms with E-state index in [0.29, 0.717) is 23.8 Å². The number of carboxylic acids is 1. The molecule has 1 N–H and O–H groups in total. The molecule has 0 radical (unpaired) electrons. The Morgan fingerprint density at radius 3 is 2.67 bits per heavy atom. The number of allylic oxidation sites excluding steroid dienone is 1. The van der Waals surface area contributed by atoms with Gasteiger partial charge in [0, 0.05) is 11.8 Å². The third-order valence-corrected chi connectivity index (χ3v) is 3.99. The van der Waals surface area contributed by atoms with E-state index in [1.165, 1.54) is 12.7 Å². The first-order valence-corrected chi connectivity index (χ1v) is 8.75. The Morgan fingerprint density at radius 2 is 2.04 bits per heavy atom. The van der Waals surface area contributed by atoms with Gasteiger partial charge in [0.25, 0.3) is 0 Å². The molecule has 0 saturated carbocycles. The molecule has 0 aliphatic heterocycles. The Balaban J connectivity index is 2.41. The topological polar surface area (TPSA) is 68.1 Å². The summed E-state index contributed by atoms with van der Waals surface area (Å²) >= 11 is 0. The Kier molecular flexibility index (Phi) is 7.17. The zero-order valence-electron chi connectivity index (χ0n) is 15.9. The second-order valence-electron chi connectivity index (χ2n) is 6.36. The molecule has 0 heterocycles. The lowest BCUT2D eigenvalue weighted by atomic mass is 10.0. The first kappa shape index (κ1) is 20.2. The summed E-state index contributed by atoms with van der Waals surface area (Å²) in [7, 11) is 1.52. The van der Waals surface area contributed by atoms with Crippen LogP contribution in [-0.4, -0.2) is 31.0 Å². The Labute approximate surface area is 160 Å². The number of aliphatic imine (C=N–C) groups is 1. The maximum absolute atomic E-state index is 10.8. The average molecular weight is 367 g/mol. The second-order valence-corrected chi connectivity index (χ2v) is 6.36. The molecule has 0 amide bonds. The van der Waals surface area contributed by atoms with E-state index in [2.05, 4.69) is 31.5 Å². The molecule has 0 bridgehead atoms. The predicted octanol–water partition coefficient (Wildman–Crippen LogP) is 4.76. The third kappa shape index (κ3) is 5.45. The molecule has 2 rings (SSSR count). The highest BCUT2D eigenvalue weighted by molar-refractivity contribution is 5.84. The fourth-order valence-corrected chi connectivity index (χ4v) is 2.75. The van der Waals surface area contributed by atoms with Gasteiger partial charge in [-0.3, -0.25) is 4.99 Å². The number of aliphatic carboxylic acids is 1. The van der Waals surface area contributed by atoms with Crippen molar-refractivity contribution in [3.05, 3.63) is 65.7 Å². The first-order chi connectivity index (χ1) is 13.0. The van der Waals surface area contributed by atoms with Gasteiger partial charge >= 0.3 is 5.97 Å². The summed E-state index contributed by atoms with van der Waals surface area (Å²) < 4.78 is 10.8. The molecular formula is C22H25NO4. The lowest BCUT2D eigenvalue weighted by molar-refractivity contribution is -0.139. The highest BCUT2D eigenvalue weighted by atomic mass is 16.5. The molecule has 5 heteroatoms. The molecule has 0 fully saturated rings. The maximum atomic E-state index is 10.8. The molecule has 0 aliphatic carbocycles. The average Bonchev–Trinajstić information content (AvgIpc) is 2.65. The number of carbonyl (C=O) groups is 1. The largest absolute Gasteiger partial charge is 0.493 e. The number of rotatable bonds is 9. The number of carboxylic acid groups (broad SMARTS) is 1. The van der Waals surface area contributed by atoms with Crippen LogP contribution in [0.1, 0.15) is 36.5 Å². The van der Waals surface area contributed by atoms with Crippen LogP contribution < -0.4 is 9.47 Å². The molecule has 0 aromatic heterocycles. The van der Waals surface area contributed by atoms with Crippen LogP contribution in [-0.2, 0) is 11.2 Å². The van der Waals surface area contributed by atoms with Crippen LogP contribution in [0, 0.1) is 0 Å². The minimum absolute atomic E-state index is 0.371. The lowest BCUT2D eigenvalue weighted by Crippen LogP contribution is -2.11. The number of methoxy groups -OCH3 is 1. The van der Waals surface area contributed by atoms with E-state index in [1.54, 1.807) is 18.4 Å². The molecular weight excluding hydrogens is 342 g/mol. The van der Waals surface area contributed by atoms with E-state index in [4.69, 9.17) is 14.6 Å². The van der Waals surface area contributed by atoms with Crippen LogP contribution in [0.2, 0.25) is 0 Å². The molecule has 0 spiro atoms. The van der Waals surface area contributed by atoms with Crippen molar-refractivity contribution < 1.29 is 19.4 Å². The SMILES string of the molecule is C=CCc1cc(C=Nc2ccccc2C(C)C)cc(OC)c1OCC(=O)O. The van der Waals surface area contributed by atoms with Crippen LogP contribution >= 0.6 is 0 Å². The van der Waals surface area contributed by atoms with Gasteiger partial charge in [0.2, 0.25) is 0 Å². The van der Waals surface area contributed by atoms with Gasteiger partial charge in [-0.25, -0.2) is 4.79 Å². The smallest absolute Gasteiger partial charge is 0.341 e. The Hall–Kier alpha value is -3.08. The molecule has 2 aromatic rings. The van der Waals surface area contributed by atoms with E-state index >= 15 is 0 Å². The van der Waals surface area contributed by atoms with Crippen LogP contribution in [0.15, 0.2) is 54.0 Å². The minimum atomic E-state index is -1.04. The van der Waals surface area contributed by atoms with Gasteiger partial charge in [-0.2, -0.15) is 0 Å². The zero-order valence-corrected chi connectivity index (χ0v) is 15.9. The third-order valence-electron chi connectivity index (χ3n) is 3.99. The molecule has 0 atom stereocenters. The quantitative estimate of drug-likeness (QED) is 0.512. The van der Waals surface area contributed by atoms with Crippen LogP contribution in [0.5, 0.6) is 11.5 Å². The standard InChI is InChI=1S/C22H25NO4/c1-5-8-17-11-16(12-20(26-4)22(17)27-14-21(24)25)13-23-19-10-7-6-9-18(19)15(2)3/h5-7,9-13,15H,1,8,14H2,2-4H3,(H,24,25). The number of ether oxygens (including phenoxy) is 2. The fraction of sp³-hybridized carbons (Fsp3) is 0.273. The van der Waals surface area contributed by atoms with Crippen molar-refractivity contribution in [2.24, 2.45) is 4.99 Å². The molecule has 0 aliphatic rings. The maximum Gasteiger partial charge on any atom is 0.341 e. The van der Waals surface area contributed by atoms with Crippen molar-refractivity contribution in [3.8, 4) is 11.5 Å². The van der Waals surface area contributed by atoms with Gasteiger partial charge in [0.1, 0.15) is 0 Å². The summed E-state index contributed by atoms with van der Waals surface area (Å²) in [6, 6.07) is 11.7. The summed E-state index contributed by atoms with van der Waals surface area (Å²) in [5.74, 6) is 0.210. The van der Waals surface area contributed by atoms with Gasteiger partial charge < -0.3 is 14.6 Å². The predicted molar refractivity (Wildman–Crippen MR) is 108 cm³/mol. The van der Waals surface area contributed by atoms with Gasteiger partial charge in [-0.05, 0) is 41.7 Å². The van der Waals surface area contributed by atoms with Gasteiger partial charge in [-0.15, -0.1) is 6.58 Å². The number of hydrogen-bond acceptors (Lipinski definition) is 4. The van der Waals surface area contributed by atoms with Gasteiger partial charge in [-0.1, -0.05) is 38.1 Å². The summed E-state index contributed by atoms with van der Waals surface area (Å²) in [6.45, 7) is 7.59. The highest BCUT2D eigenvalue weighted by Crippen LogP contribution is 2.33. The molecule has 0 unspecified atom stereocenters. The van der Waals surface area contributed by atoms with E-state index in [1.807, 2.05) is 24.3 Å². The summed E-state index contributed by atoms with van der Waals surface area (Å²) in [5, 5.41) is 8.89. The summed E-state index contributed by atoms with van der Waals surface area (Å²) in [5.41, 5.74) is 3.73. The first-order valence-electron chi connectivity index (χ1n) is 8.75. The molecule has 0 saturated heterocycles. The molecule has 27 heavy (non-hydrogen) atoms. The van der Waals surface area contributed by atoms with E-state index < -0.39 is 12.6 Å². The number of hydrogen-bond donors (Lipinski definition) is 1. The lowest BCUT2D eigenvalue weighted by Gasteiger charge is -2.14. The normalized spacial score (nSPS) is 11.0. The number of nitrogens with zero attached hydrogens (tertiary/aromatic N) is 1. The zero-order chi connectivity index (χ0) is 19.8. The van der Waals surface area contributed by atoms with Gasteiger partial charge in [0.05, 0.1) is 12.8 Å². The Morgan fingerprint density at radius 1 is 1.30 bits per heavy atom. The van der Waals surface area contributed by atoms with E-state index in [-0.39, 0.29) is 0 Å². The van der Waals surface area contributed by atoms with Crippen molar-refractivity contribution >= 4 is 17.9 Å². The second kappa shape index (κ2) is 9.57. The van der Waals surface area contributed by atoms with Crippen molar-refractivity contribution in [2.45, 2.75) is 26.2 Å². The Bertz CT molecular complexity index is 840.